The Morgan fingerprint density at radius 2 is 2.28 bits per heavy atom. The largest absolute Gasteiger partial charge is 0.382 e. The van der Waals surface area contributed by atoms with Crippen LogP contribution in [0, 0.1) is 0 Å². The van der Waals surface area contributed by atoms with Crippen molar-refractivity contribution >= 4 is 17.3 Å². The number of hydrogen-bond acceptors (Lipinski definition) is 4. The highest BCUT2D eigenvalue weighted by Crippen LogP contribution is 2.14. The average Bonchev–Trinajstić information content (AvgIpc) is 2.40. The summed E-state index contributed by atoms with van der Waals surface area (Å²) >= 11 is 5.93. The molecule has 0 aliphatic carbocycles. The van der Waals surface area contributed by atoms with Crippen molar-refractivity contribution < 1.29 is 0 Å². The molecule has 0 saturated carbocycles. The first-order chi connectivity index (χ1) is 8.68. The van der Waals surface area contributed by atoms with Gasteiger partial charge in [0.1, 0.15) is 5.02 Å². The second kappa shape index (κ2) is 5.64. The highest BCUT2D eigenvalue weighted by molar-refractivity contribution is 6.32. The summed E-state index contributed by atoms with van der Waals surface area (Å²) in [6, 6.07) is 3.89. The van der Waals surface area contributed by atoms with Crippen molar-refractivity contribution in [3.05, 3.63) is 51.7 Å². The van der Waals surface area contributed by atoms with Crippen LogP contribution >= 0.6 is 11.6 Å². The highest BCUT2D eigenvalue weighted by Gasteiger charge is 2.06. The maximum absolute atomic E-state index is 11.5. The normalized spacial score (nSPS) is 10.3. The van der Waals surface area contributed by atoms with Crippen LogP contribution in [0.2, 0.25) is 5.02 Å². The molecule has 2 aromatic rings. The van der Waals surface area contributed by atoms with Crippen LogP contribution < -0.4 is 10.9 Å². The molecule has 2 rings (SSSR count). The van der Waals surface area contributed by atoms with Crippen molar-refractivity contribution in [1.29, 1.82) is 0 Å². The first-order valence-electron chi connectivity index (χ1n) is 5.53. The van der Waals surface area contributed by atoms with Gasteiger partial charge in [-0.05, 0) is 18.1 Å². The summed E-state index contributed by atoms with van der Waals surface area (Å²) in [4.78, 5) is 15.6. The van der Waals surface area contributed by atoms with Crippen LogP contribution in [0.1, 0.15) is 5.56 Å². The zero-order valence-electron chi connectivity index (χ0n) is 9.93. The molecule has 0 amide bonds. The number of nitrogens with one attached hydrogen (secondary N) is 1. The minimum Gasteiger partial charge on any atom is -0.382 e. The van der Waals surface area contributed by atoms with Crippen molar-refractivity contribution in [1.82, 2.24) is 14.8 Å². The van der Waals surface area contributed by atoms with Gasteiger partial charge in [0.15, 0.2) is 0 Å². The first kappa shape index (κ1) is 12.6. The molecule has 18 heavy (non-hydrogen) atoms. The van der Waals surface area contributed by atoms with Crippen LogP contribution in [-0.2, 0) is 13.5 Å². The van der Waals surface area contributed by atoms with Gasteiger partial charge in [0.2, 0.25) is 0 Å². The second-order valence-corrected chi connectivity index (χ2v) is 4.22. The fourth-order valence-corrected chi connectivity index (χ4v) is 1.76. The third-order valence-corrected chi connectivity index (χ3v) is 2.90. The van der Waals surface area contributed by atoms with Gasteiger partial charge in [-0.1, -0.05) is 17.7 Å². The number of halogens is 1. The van der Waals surface area contributed by atoms with E-state index in [1.54, 1.807) is 19.4 Å². The molecule has 2 aromatic heterocycles. The molecular weight excluding hydrogens is 252 g/mol. The first-order valence-corrected chi connectivity index (χ1v) is 5.91. The number of hydrogen-bond donors (Lipinski definition) is 1. The van der Waals surface area contributed by atoms with Gasteiger partial charge < -0.3 is 5.32 Å². The smallest absolute Gasteiger partial charge is 0.287 e. The molecule has 0 aliphatic heterocycles. The van der Waals surface area contributed by atoms with E-state index in [1.807, 2.05) is 18.3 Å². The molecule has 0 fully saturated rings. The van der Waals surface area contributed by atoms with Crippen LogP contribution in [0.25, 0.3) is 0 Å². The third kappa shape index (κ3) is 2.87. The van der Waals surface area contributed by atoms with E-state index in [-0.39, 0.29) is 10.6 Å². The molecule has 6 heteroatoms. The molecule has 0 aromatic carbocycles. The Kier molecular flexibility index (Phi) is 3.94. The van der Waals surface area contributed by atoms with Crippen molar-refractivity contribution in [3.63, 3.8) is 0 Å². The Morgan fingerprint density at radius 1 is 1.44 bits per heavy atom. The molecule has 0 bridgehead atoms. The topological polar surface area (TPSA) is 59.8 Å². The van der Waals surface area contributed by atoms with Gasteiger partial charge >= 0.3 is 0 Å². The Balaban J connectivity index is 1.99. The lowest BCUT2D eigenvalue weighted by Crippen LogP contribution is -2.21. The van der Waals surface area contributed by atoms with Gasteiger partial charge in [0.25, 0.3) is 5.56 Å². The van der Waals surface area contributed by atoms with Gasteiger partial charge in [-0.2, -0.15) is 5.10 Å². The van der Waals surface area contributed by atoms with E-state index in [0.717, 1.165) is 12.0 Å². The molecule has 0 unspecified atom stereocenters. The predicted octanol–water partition coefficient (Wildman–Crippen LogP) is 1.48. The lowest BCUT2D eigenvalue weighted by Gasteiger charge is -2.08. The minimum atomic E-state index is -0.303. The maximum atomic E-state index is 11.5. The molecular formula is C12H13ClN4O. The minimum absolute atomic E-state index is 0.165. The van der Waals surface area contributed by atoms with Gasteiger partial charge in [0, 0.05) is 26.0 Å². The average molecular weight is 265 g/mol. The van der Waals surface area contributed by atoms with E-state index in [0.29, 0.717) is 12.2 Å². The number of pyridine rings is 1. The molecule has 0 radical (unpaired) electrons. The fourth-order valence-electron chi connectivity index (χ4n) is 1.52. The van der Waals surface area contributed by atoms with Crippen LogP contribution in [0.4, 0.5) is 5.69 Å². The summed E-state index contributed by atoms with van der Waals surface area (Å²) in [7, 11) is 1.56. The molecule has 0 spiro atoms. The van der Waals surface area contributed by atoms with Gasteiger partial charge in [-0.3, -0.25) is 9.78 Å². The second-order valence-electron chi connectivity index (χ2n) is 3.84. The SMILES string of the molecule is Cn1ncc(NCCc2cccnc2)c(Cl)c1=O. The van der Waals surface area contributed by atoms with Crippen molar-refractivity contribution in [2.24, 2.45) is 7.05 Å². The van der Waals surface area contributed by atoms with Gasteiger partial charge in [-0.25, -0.2) is 4.68 Å². The Hall–Kier alpha value is -1.88. The van der Waals surface area contributed by atoms with Gasteiger partial charge in [0.05, 0.1) is 11.9 Å². The van der Waals surface area contributed by atoms with Crippen LogP contribution in [-0.4, -0.2) is 21.3 Å². The summed E-state index contributed by atoms with van der Waals surface area (Å²) in [5.74, 6) is 0. The molecule has 5 nitrogen and oxygen atoms in total. The van der Waals surface area contributed by atoms with E-state index in [1.165, 1.54) is 4.68 Å². The standard InChI is InChI=1S/C12H13ClN4O/c1-17-12(18)11(13)10(8-16-17)15-6-4-9-3-2-5-14-7-9/h2-3,5,7-8,15H,4,6H2,1H3. The Labute approximate surface area is 109 Å². The number of aromatic nitrogens is 3. The summed E-state index contributed by atoms with van der Waals surface area (Å²) < 4.78 is 1.20. The molecule has 0 aliphatic rings. The molecule has 94 valence electrons. The summed E-state index contributed by atoms with van der Waals surface area (Å²) in [6.07, 6.45) is 5.90. The van der Waals surface area contributed by atoms with Crippen molar-refractivity contribution in [3.8, 4) is 0 Å². The molecule has 0 atom stereocenters. The third-order valence-electron chi connectivity index (χ3n) is 2.53. The lowest BCUT2D eigenvalue weighted by atomic mass is 10.2. The number of aryl methyl sites for hydroxylation is 1. The molecule has 1 N–H and O–H groups in total. The molecule has 2 heterocycles. The highest BCUT2D eigenvalue weighted by atomic mass is 35.5. The Bertz CT molecular complexity index is 582. The van der Waals surface area contributed by atoms with E-state index >= 15 is 0 Å². The Morgan fingerprint density at radius 3 is 3.00 bits per heavy atom. The van der Waals surface area contributed by atoms with Crippen LogP contribution in [0.5, 0.6) is 0 Å². The predicted molar refractivity (Wildman–Crippen MR) is 70.9 cm³/mol. The van der Waals surface area contributed by atoms with Crippen LogP contribution in [0.3, 0.4) is 0 Å². The zero-order chi connectivity index (χ0) is 13.0. The lowest BCUT2D eigenvalue weighted by molar-refractivity contribution is 0.708. The van der Waals surface area contributed by atoms with Crippen LogP contribution in [0.15, 0.2) is 35.5 Å². The maximum Gasteiger partial charge on any atom is 0.287 e. The fraction of sp³-hybridized carbons (Fsp3) is 0.250. The summed E-state index contributed by atoms with van der Waals surface area (Å²) in [5.41, 5.74) is 1.38. The van der Waals surface area contributed by atoms with E-state index < -0.39 is 0 Å². The van der Waals surface area contributed by atoms with E-state index in [4.69, 9.17) is 11.6 Å². The molecule has 0 saturated heterocycles. The van der Waals surface area contributed by atoms with Crippen molar-refractivity contribution in [2.45, 2.75) is 6.42 Å². The summed E-state index contributed by atoms with van der Waals surface area (Å²) in [6.45, 7) is 0.667. The monoisotopic (exact) mass is 264 g/mol. The van der Waals surface area contributed by atoms with E-state index in [9.17, 15) is 4.79 Å². The van der Waals surface area contributed by atoms with Gasteiger partial charge in [-0.15, -0.1) is 0 Å². The summed E-state index contributed by atoms with van der Waals surface area (Å²) in [5, 5.41) is 7.17. The number of rotatable bonds is 4. The number of anilines is 1. The zero-order valence-corrected chi connectivity index (χ0v) is 10.7. The van der Waals surface area contributed by atoms with Crippen molar-refractivity contribution in [2.75, 3.05) is 11.9 Å². The number of nitrogens with zero attached hydrogens (tertiary/aromatic N) is 3. The quantitative estimate of drug-likeness (QED) is 0.909. The van der Waals surface area contributed by atoms with E-state index in [2.05, 4.69) is 15.4 Å².